The van der Waals surface area contributed by atoms with Crippen LogP contribution >= 0.6 is 0 Å². The lowest BCUT2D eigenvalue weighted by atomic mass is 10.0. The number of nitriles is 1. The van der Waals surface area contributed by atoms with E-state index in [4.69, 9.17) is 11.0 Å². The predicted octanol–water partition coefficient (Wildman–Crippen LogP) is 2.40. The molecule has 0 saturated carbocycles. The van der Waals surface area contributed by atoms with Crippen LogP contribution in [0.15, 0.2) is 18.2 Å². The van der Waals surface area contributed by atoms with Gasteiger partial charge in [0.25, 0.3) is 0 Å². The first-order valence-corrected chi connectivity index (χ1v) is 5.53. The quantitative estimate of drug-likeness (QED) is 0.745. The highest BCUT2D eigenvalue weighted by Gasteiger charge is 1.99. The van der Waals surface area contributed by atoms with Gasteiger partial charge in [0.2, 0.25) is 0 Å². The molecule has 2 heteroatoms. The third-order valence-corrected chi connectivity index (χ3v) is 2.51. The number of rotatable bonds is 5. The third-order valence-electron chi connectivity index (χ3n) is 2.51. The minimum atomic E-state index is 0.749. The van der Waals surface area contributed by atoms with Crippen molar-refractivity contribution in [2.24, 2.45) is 5.73 Å². The molecule has 0 aliphatic carbocycles. The Balaban J connectivity index is 2.74. The summed E-state index contributed by atoms with van der Waals surface area (Å²) in [7, 11) is 0. The van der Waals surface area contributed by atoms with Crippen LogP contribution in [0.2, 0.25) is 0 Å². The number of nitrogens with zero attached hydrogens (tertiary/aromatic N) is 1. The minimum Gasteiger partial charge on any atom is -0.330 e. The van der Waals surface area contributed by atoms with Gasteiger partial charge in [-0.15, -0.1) is 0 Å². The zero-order chi connectivity index (χ0) is 11.1. The Bertz CT molecular complexity index is 350. The van der Waals surface area contributed by atoms with Gasteiger partial charge < -0.3 is 5.73 Å². The Morgan fingerprint density at radius 2 is 1.93 bits per heavy atom. The van der Waals surface area contributed by atoms with E-state index in [9.17, 15) is 0 Å². The molecule has 0 aliphatic rings. The molecule has 0 spiro atoms. The zero-order valence-corrected chi connectivity index (χ0v) is 9.29. The summed E-state index contributed by atoms with van der Waals surface area (Å²) in [4.78, 5) is 0. The molecule has 1 rings (SSSR count). The molecule has 0 unspecified atom stereocenters. The van der Waals surface area contributed by atoms with Gasteiger partial charge in [0.15, 0.2) is 0 Å². The molecule has 80 valence electrons. The Hall–Kier alpha value is -1.33. The normalized spacial score (nSPS) is 9.93. The summed E-state index contributed by atoms with van der Waals surface area (Å²) in [5.41, 5.74) is 8.74. The number of benzene rings is 1. The first kappa shape index (κ1) is 11.7. The largest absolute Gasteiger partial charge is 0.330 e. The summed E-state index contributed by atoms with van der Waals surface area (Å²) >= 11 is 0. The highest BCUT2D eigenvalue weighted by Crippen LogP contribution is 2.12. The number of unbranched alkanes of at least 4 members (excludes halogenated alkanes) is 1. The van der Waals surface area contributed by atoms with E-state index in [0.29, 0.717) is 0 Å². The molecule has 0 fully saturated rings. The van der Waals surface area contributed by atoms with Crippen molar-refractivity contribution in [3.8, 4) is 6.07 Å². The highest BCUT2D eigenvalue weighted by atomic mass is 14.5. The molecule has 0 heterocycles. The molecule has 0 saturated heterocycles. The van der Waals surface area contributed by atoms with Crippen molar-refractivity contribution in [2.75, 3.05) is 6.54 Å². The minimum absolute atomic E-state index is 0.749. The summed E-state index contributed by atoms with van der Waals surface area (Å²) < 4.78 is 0. The average molecular weight is 202 g/mol. The fourth-order valence-electron chi connectivity index (χ4n) is 1.65. The summed E-state index contributed by atoms with van der Waals surface area (Å²) in [6, 6.07) is 8.35. The first-order valence-electron chi connectivity index (χ1n) is 5.53. The van der Waals surface area contributed by atoms with Crippen LogP contribution in [0.25, 0.3) is 0 Å². The molecule has 0 amide bonds. The maximum absolute atomic E-state index is 8.88. The van der Waals surface area contributed by atoms with E-state index in [1.165, 1.54) is 11.1 Å². The van der Waals surface area contributed by atoms with E-state index in [2.05, 4.69) is 19.1 Å². The molecule has 0 atom stereocenters. The lowest BCUT2D eigenvalue weighted by molar-refractivity contribution is 0.744. The molecule has 1 aromatic carbocycles. The van der Waals surface area contributed by atoms with Crippen molar-refractivity contribution < 1.29 is 0 Å². The highest BCUT2D eigenvalue weighted by molar-refractivity contribution is 5.37. The van der Waals surface area contributed by atoms with Crippen molar-refractivity contribution in [2.45, 2.75) is 32.6 Å². The maximum Gasteiger partial charge on any atom is 0.0991 e. The maximum atomic E-state index is 8.88. The van der Waals surface area contributed by atoms with E-state index in [1.807, 2.05) is 12.1 Å². The molecular formula is C13H18N2. The second kappa shape index (κ2) is 6.21. The fourth-order valence-corrected chi connectivity index (χ4v) is 1.65. The van der Waals surface area contributed by atoms with Gasteiger partial charge in [0.05, 0.1) is 11.6 Å². The molecule has 2 N–H and O–H groups in total. The number of hydrogen-bond acceptors (Lipinski definition) is 2. The van der Waals surface area contributed by atoms with Crippen molar-refractivity contribution >= 4 is 0 Å². The summed E-state index contributed by atoms with van der Waals surface area (Å²) in [6.07, 6.45) is 4.17. The number of aryl methyl sites for hydroxylation is 2. The molecule has 1 aromatic rings. The van der Waals surface area contributed by atoms with Crippen LogP contribution < -0.4 is 5.73 Å². The van der Waals surface area contributed by atoms with Crippen LogP contribution in [0, 0.1) is 11.3 Å². The molecular weight excluding hydrogens is 184 g/mol. The average Bonchev–Trinajstić information content (AvgIpc) is 2.29. The van der Waals surface area contributed by atoms with Gasteiger partial charge in [0, 0.05) is 0 Å². The Morgan fingerprint density at radius 1 is 1.20 bits per heavy atom. The van der Waals surface area contributed by atoms with Crippen molar-refractivity contribution in [1.82, 2.24) is 0 Å². The van der Waals surface area contributed by atoms with E-state index in [-0.39, 0.29) is 0 Å². The molecule has 2 nitrogen and oxygen atoms in total. The Kier molecular flexibility index (Phi) is 4.86. The van der Waals surface area contributed by atoms with E-state index in [1.54, 1.807) is 0 Å². The smallest absolute Gasteiger partial charge is 0.0991 e. The molecule has 0 bridgehead atoms. The van der Waals surface area contributed by atoms with Gasteiger partial charge in [-0.25, -0.2) is 0 Å². The third kappa shape index (κ3) is 3.73. The van der Waals surface area contributed by atoms with Crippen molar-refractivity contribution in [3.05, 3.63) is 34.9 Å². The van der Waals surface area contributed by atoms with Gasteiger partial charge in [-0.2, -0.15) is 5.26 Å². The van der Waals surface area contributed by atoms with Gasteiger partial charge in [0.1, 0.15) is 0 Å². The lowest BCUT2D eigenvalue weighted by Crippen LogP contribution is -1.99. The zero-order valence-electron chi connectivity index (χ0n) is 9.29. The summed E-state index contributed by atoms with van der Waals surface area (Å²) in [5, 5.41) is 8.88. The summed E-state index contributed by atoms with van der Waals surface area (Å²) in [5.74, 6) is 0. The van der Waals surface area contributed by atoms with Gasteiger partial charge in [-0.1, -0.05) is 13.0 Å². The predicted molar refractivity (Wildman–Crippen MR) is 62.5 cm³/mol. The fraction of sp³-hybridized carbons (Fsp3) is 0.462. The van der Waals surface area contributed by atoms with Crippen LogP contribution in [0.5, 0.6) is 0 Å². The molecule has 15 heavy (non-hydrogen) atoms. The van der Waals surface area contributed by atoms with Crippen LogP contribution in [0.3, 0.4) is 0 Å². The number of hydrogen-bond donors (Lipinski definition) is 1. The second-order valence-electron chi connectivity index (χ2n) is 3.75. The second-order valence-corrected chi connectivity index (χ2v) is 3.75. The van der Waals surface area contributed by atoms with Gasteiger partial charge in [-0.05, 0) is 55.5 Å². The summed E-state index contributed by atoms with van der Waals surface area (Å²) in [6.45, 7) is 2.86. The van der Waals surface area contributed by atoms with Crippen molar-refractivity contribution in [3.63, 3.8) is 0 Å². The first-order chi connectivity index (χ1) is 7.30. The lowest BCUT2D eigenvalue weighted by Gasteiger charge is -2.04. The Morgan fingerprint density at radius 3 is 2.53 bits per heavy atom. The molecule has 0 aromatic heterocycles. The molecule has 0 radical (unpaired) electrons. The topological polar surface area (TPSA) is 49.8 Å². The van der Waals surface area contributed by atoms with Gasteiger partial charge >= 0.3 is 0 Å². The SMILES string of the molecule is CCc1cc(C#N)cc(CCCCN)c1. The van der Waals surface area contributed by atoms with Crippen LogP contribution in [-0.2, 0) is 12.8 Å². The van der Waals surface area contributed by atoms with E-state index >= 15 is 0 Å². The van der Waals surface area contributed by atoms with Crippen LogP contribution in [-0.4, -0.2) is 6.54 Å². The van der Waals surface area contributed by atoms with Gasteiger partial charge in [-0.3, -0.25) is 0 Å². The van der Waals surface area contributed by atoms with E-state index < -0.39 is 0 Å². The van der Waals surface area contributed by atoms with Crippen LogP contribution in [0.1, 0.15) is 36.5 Å². The Labute approximate surface area is 91.7 Å². The van der Waals surface area contributed by atoms with E-state index in [0.717, 1.165) is 37.8 Å². The molecule has 0 aliphatic heterocycles. The monoisotopic (exact) mass is 202 g/mol. The van der Waals surface area contributed by atoms with Crippen molar-refractivity contribution in [1.29, 1.82) is 5.26 Å². The van der Waals surface area contributed by atoms with Crippen LogP contribution in [0.4, 0.5) is 0 Å². The number of nitrogens with two attached hydrogens (primary N) is 1. The standard InChI is InChI=1S/C13H18N2/c1-2-11-7-12(5-3-4-6-14)9-13(8-11)10-15/h7-9H,2-6,14H2,1H3.